The van der Waals surface area contributed by atoms with Crippen molar-refractivity contribution in [3.05, 3.63) is 55.6 Å². The van der Waals surface area contributed by atoms with E-state index in [9.17, 15) is 9.59 Å². The molecule has 0 aliphatic heterocycles. The molecule has 0 unspecified atom stereocenters. The minimum atomic E-state index is -0.261. The number of hydrogen-bond acceptors (Lipinski definition) is 4. The molecule has 1 aromatic heterocycles. The van der Waals surface area contributed by atoms with Crippen molar-refractivity contribution in [2.24, 2.45) is 0 Å². The number of benzene rings is 1. The van der Waals surface area contributed by atoms with Crippen molar-refractivity contribution < 1.29 is 4.74 Å². The van der Waals surface area contributed by atoms with E-state index in [0.29, 0.717) is 22.6 Å². The number of H-pyrrole nitrogens is 1. The number of aromatic nitrogens is 2. The first kappa shape index (κ1) is 13.9. The van der Waals surface area contributed by atoms with Gasteiger partial charge in [-0.1, -0.05) is 6.07 Å². The average Bonchev–Trinajstić information content (AvgIpc) is 2.42. The number of nitrogens with one attached hydrogen (secondary N) is 1. The Morgan fingerprint density at radius 1 is 1.25 bits per heavy atom. The number of rotatable bonds is 3. The van der Waals surface area contributed by atoms with E-state index in [4.69, 9.17) is 10.5 Å². The SMILES string of the molecule is COc1ccc(Cn2[nH]c(=O)c(C)c(C)c2=O)cc1N. The molecule has 0 fully saturated rings. The topological polar surface area (TPSA) is 90.1 Å². The van der Waals surface area contributed by atoms with Gasteiger partial charge < -0.3 is 10.5 Å². The molecule has 0 aliphatic rings. The van der Waals surface area contributed by atoms with Gasteiger partial charge in [0.05, 0.1) is 19.3 Å². The molecule has 20 heavy (non-hydrogen) atoms. The molecule has 0 aliphatic carbocycles. The summed E-state index contributed by atoms with van der Waals surface area (Å²) >= 11 is 0. The van der Waals surface area contributed by atoms with Gasteiger partial charge in [0, 0.05) is 11.1 Å². The molecule has 6 nitrogen and oxygen atoms in total. The monoisotopic (exact) mass is 275 g/mol. The molecule has 1 aromatic carbocycles. The van der Waals surface area contributed by atoms with Crippen LogP contribution in [-0.4, -0.2) is 16.9 Å². The van der Waals surface area contributed by atoms with Gasteiger partial charge in [0.15, 0.2) is 0 Å². The molecule has 3 N–H and O–H groups in total. The van der Waals surface area contributed by atoms with Gasteiger partial charge in [0.2, 0.25) is 0 Å². The summed E-state index contributed by atoms with van der Waals surface area (Å²) in [6.45, 7) is 3.53. The molecule has 0 spiro atoms. The fourth-order valence-corrected chi connectivity index (χ4v) is 1.97. The standard InChI is InChI=1S/C14H17N3O3/c1-8-9(2)14(19)17(16-13(8)18)7-10-4-5-12(20-3)11(15)6-10/h4-6H,7,15H2,1-3H3,(H,16,18). The van der Waals surface area contributed by atoms with Crippen molar-refractivity contribution in [1.29, 1.82) is 0 Å². The summed E-state index contributed by atoms with van der Waals surface area (Å²) in [5.41, 5.74) is 7.55. The Kier molecular flexibility index (Phi) is 3.65. The Balaban J connectivity index is 2.43. The minimum absolute atomic E-state index is 0.212. The molecule has 1 heterocycles. The maximum atomic E-state index is 12.1. The third-order valence-electron chi connectivity index (χ3n) is 3.34. The minimum Gasteiger partial charge on any atom is -0.495 e. The van der Waals surface area contributed by atoms with Crippen molar-refractivity contribution in [2.75, 3.05) is 12.8 Å². The first-order chi connectivity index (χ1) is 9.43. The van der Waals surface area contributed by atoms with Gasteiger partial charge in [-0.05, 0) is 31.5 Å². The molecule has 106 valence electrons. The molecular formula is C14H17N3O3. The van der Waals surface area contributed by atoms with Gasteiger partial charge in [-0.15, -0.1) is 0 Å². The van der Waals surface area contributed by atoms with Crippen LogP contribution in [0.3, 0.4) is 0 Å². The highest BCUT2D eigenvalue weighted by Crippen LogP contribution is 2.21. The van der Waals surface area contributed by atoms with E-state index >= 15 is 0 Å². The van der Waals surface area contributed by atoms with Gasteiger partial charge in [0.25, 0.3) is 11.1 Å². The smallest absolute Gasteiger partial charge is 0.268 e. The number of anilines is 1. The Morgan fingerprint density at radius 3 is 2.55 bits per heavy atom. The zero-order chi connectivity index (χ0) is 14.9. The zero-order valence-electron chi connectivity index (χ0n) is 11.7. The fraction of sp³-hybridized carbons (Fsp3) is 0.286. The van der Waals surface area contributed by atoms with Crippen molar-refractivity contribution in [1.82, 2.24) is 9.78 Å². The van der Waals surface area contributed by atoms with Crippen molar-refractivity contribution in [2.45, 2.75) is 20.4 Å². The highest BCUT2D eigenvalue weighted by Gasteiger charge is 2.08. The largest absolute Gasteiger partial charge is 0.495 e. The van der Waals surface area contributed by atoms with Crippen molar-refractivity contribution in [3.63, 3.8) is 0 Å². The van der Waals surface area contributed by atoms with E-state index in [2.05, 4.69) is 5.10 Å². The summed E-state index contributed by atoms with van der Waals surface area (Å²) in [4.78, 5) is 23.8. The molecule has 6 heteroatoms. The van der Waals surface area contributed by atoms with Crippen LogP contribution < -0.4 is 21.6 Å². The molecule has 0 saturated carbocycles. The Hall–Kier alpha value is -2.50. The highest BCUT2D eigenvalue weighted by atomic mass is 16.5. The lowest BCUT2D eigenvalue weighted by Gasteiger charge is -2.10. The number of nitrogens with two attached hydrogens (primary N) is 1. The lowest BCUT2D eigenvalue weighted by Crippen LogP contribution is -2.33. The molecular weight excluding hydrogens is 258 g/mol. The first-order valence-electron chi connectivity index (χ1n) is 6.16. The molecule has 0 radical (unpaired) electrons. The summed E-state index contributed by atoms with van der Waals surface area (Å²) in [5.74, 6) is 0.578. The summed E-state index contributed by atoms with van der Waals surface area (Å²) in [5, 5.41) is 2.56. The second-order valence-electron chi connectivity index (χ2n) is 4.66. The number of aromatic amines is 1. The number of ether oxygens (including phenoxy) is 1. The normalized spacial score (nSPS) is 10.6. The highest BCUT2D eigenvalue weighted by molar-refractivity contribution is 5.54. The van der Waals surface area contributed by atoms with Crippen LogP contribution in [0.4, 0.5) is 5.69 Å². The second-order valence-corrected chi connectivity index (χ2v) is 4.66. The third-order valence-corrected chi connectivity index (χ3v) is 3.34. The van der Waals surface area contributed by atoms with E-state index in [1.807, 2.05) is 0 Å². The summed E-state index contributed by atoms with van der Waals surface area (Å²) in [7, 11) is 1.54. The molecule has 0 bridgehead atoms. The van der Waals surface area contributed by atoms with Crippen LogP contribution in [0.15, 0.2) is 27.8 Å². The Labute approximate surface area is 115 Å². The van der Waals surface area contributed by atoms with Gasteiger partial charge >= 0.3 is 0 Å². The van der Waals surface area contributed by atoms with Crippen LogP contribution in [0.1, 0.15) is 16.7 Å². The van der Waals surface area contributed by atoms with Crippen LogP contribution in [0.2, 0.25) is 0 Å². The van der Waals surface area contributed by atoms with E-state index < -0.39 is 0 Å². The van der Waals surface area contributed by atoms with Crippen LogP contribution >= 0.6 is 0 Å². The van der Waals surface area contributed by atoms with Gasteiger partial charge in [-0.25, -0.2) is 4.68 Å². The number of nitrogens with zero attached hydrogens (tertiary/aromatic N) is 1. The lowest BCUT2D eigenvalue weighted by atomic mass is 10.1. The van der Waals surface area contributed by atoms with Crippen molar-refractivity contribution in [3.8, 4) is 5.75 Å². The molecule has 2 aromatic rings. The molecule has 0 amide bonds. The van der Waals surface area contributed by atoms with Gasteiger partial charge in [-0.2, -0.15) is 0 Å². The number of methoxy groups -OCH3 is 1. The fourth-order valence-electron chi connectivity index (χ4n) is 1.97. The van der Waals surface area contributed by atoms with E-state index in [-0.39, 0.29) is 17.7 Å². The van der Waals surface area contributed by atoms with Gasteiger partial charge in [-0.3, -0.25) is 14.7 Å². The Bertz CT molecular complexity index is 759. The molecule has 0 saturated heterocycles. The Morgan fingerprint density at radius 2 is 1.95 bits per heavy atom. The van der Waals surface area contributed by atoms with Crippen LogP contribution in [0.5, 0.6) is 5.75 Å². The predicted molar refractivity (Wildman–Crippen MR) is 77.3 cm³/mol. The first-order valence-corrected chi connectivity index (χ1v) is 6.16. The van der Waals surface area contributed by atoms with Crippen LogP contribution in [0, 0.1) is 13.8 Å². The zero-order valence-corrected chi connectivity index (χ0v) is 11.7. The summed E-state index contributed by atoms with van der Waals surface area (Å²) in [6, 6.07) is 5.25. The number of nitrogen functional groups attached to an aromatic ring is 1. The predicted octanol–water partition coefficient (Wildman–Crippen LogP) is 0.793. The lowest BCUT2D eigenvalue weighted by molar-refractivity contribution is 0.416. The van der Waals surface area contributed by atoms with E-state index in [1.54, 1.807) is 32.0 Å². The van der Waals surface area contributed by atoms with E-state index in [1.165, 1.54) is 11.8 Å². The third kappa shape index (κ3) is 2.45. The maximum absolute atomic E-state index is 12.1. The molecule has 0 atom stereocenters. The summed E-state index contributed by atoms with van der Waals surface area (Å²) in [6.07, 6.45) is 0. The van der Waals surface area contributed by atoms with E-state index in [0.717, 1.165) is 5.56 Å². The summed E-state index contributed by atoms with van der Waals surface area (Å²) < 4.78 is 6.36. The number of hydrogen-bond donors (Lipinski definition) is 2. The maximum Gasteiger partial charge on any atom is 0.268 e. The average molecular weight is 275 g/mol. The van der Waals surface area contributed by atoms with Crippen molar-refractivity contribution >= 4 is 5.69 Å². The van der Waals surface area contributed by atoms with Crippen LogP contribution in [-0.2, 0) is 6.54 Å². The quantitative estimate of drug-likeness (QED) is 0.810. The molecule has 2 rings (SSSR count). The van der Waals surface area contributed by atoms with Gasteiger partial charge in [0.1, 0.15) is 5.75 Å². The second kappa shape index (κ2) is 5.24. The van der Waals surface area contributed by atoms with Crippen LogP contribution in [0.25, 0.3) is 0 Å².